The molecular formula is C34H35Cl2N5O8. The molecule has 0 bridgehead atoms. The summed E-state index contributed by atoms with van der Waals surface area (Å²) < 4.78 is 7.56. The van der Waals surface area contributed by atoms with Gasteiger partial charge in [-0.05, 0) is 68.3 Å². The van der Waals surface area contributed by atoms with Gasteiger partial charge >= 0.3 is 17.6 Å². The molecule has 0 aliphatic rings. The Morgan fingerprint density at radius 3 is 2.16 bits per heavy atom. The number of aliphatic carboxylic acids is 1. The summed E-state index contributed by atoms with van der Waals surface area (Å²) >= 11 is 12.6. The minimum atomic E-state index is -1.58. The zero-order chi connectivity index (χ0) is 36.2. The Bertz CT molecular complexity index is 2010. The van der Waals surface area contributed by atoms with Gasteiger partial charge in [-0.2, -0.15) is 0 Å². The first-order valence-corrected chi connectivity index (χ1v) is 15.9. The Morgan fingerprint density at radius 2 is 1.59 bits per heavy atom. The van der Waals surface area contributed by atoms with Crippen LogP contribution in [-0.4, -0.2) is 73.6 Å². The van der Waals surface area contributed by atoms with Gasteiger partial charge in [0.05, 0.1) is 38.3 Å². The lowest BCUT2D eigenvalue weighted by Gasteiger charge is -2.32. The van der Waals surface area contributed by atoms with Crippen molar-refractivity contribution in [3.8, 4) is 5.69 Å². The first kappa shape index (κ1) is 36.8. The second kappa shape index (κ2) is 15.5. The van der Waals surface area contributed by atoms with E-state index in [4.69, 9.17) is 27.9 Å². The molecule has 0 aliphatic heterocycles. The molecule has 15 heteroatoms. The van der Waals surface area contributed by atoms with E-state index < -0.39 is 47.3 Å². The Kier molecular flexibility index (Phi) is 11.7. The van der Waals surface area contributed by atoms with Gasteiger partial charge in [-0.15, -0.1) is 0 Å². The predicted molar refractivity (Wildman–Crippen MR) is 184 cm³/mol. The van der Waals surface area contributed by atoms with Crippen molar-refractivity contribution in [3.63, 3.8) is 0 Å². The van der Waals surface area contributed by atoms with Crippen LogP contribution in [0.1, 0.15) is 42.3 Å². The zero-order valence-corrected chi connectivity index (χ0v) is 28.9. The number of carbonyl (C=O) groups is 4. The van der Waals surface area contributed by atoms with Crippen LogP contribution in [0.15, 0.2) is 70.3 Å². The van der Waals surface area contributed by atoms with Gasteiger partial charge in [-0.1, -0.05) is 47.5 Å². The fourth-order valence-electron chi connectivity index (χ4n) is 5.16. The van der Waals surface area contributed by atoms with Gasteiger partial charge in [0.15, 0.2) is 0 Å². The number of hydrogen-bond acceptors (Lipinski definition) is 8. The molecule has 4 aromatic rings. The number of carboxylic acids is 1. The van der Waals surface area contributed by atoms with Gasteiger partial charge in [0.1, 0.15) is 12.1 Å². The summed E-state index contributed by atoms with van der Waals surface area (Å²) in [6.45, 7) is 4.97. The van der Waals surface area contributed by atoms with Gasteiger partial charge in [0.25, 0.3) is 11.5 Å². The van der Waals surface area contributed by atoms with Crippen LogP contribution in [0.2, 0.25) is 10.0 Å². The summed E-state index contributed by atoms with van der Waals surface area (Å²) in [4.78, 5) is 78.7. The summed E-state index contributed by atoms with van der Waals surface area (Å²) in [7, 11) is 3.14. The Labute approximate surface area is 291 Å². The lowest BCUT2D eigenvalue weighted by atomic mass is 10.0. The van der Waals surface area contributed by atoms with E-state index in [1.54, 1.807) is 39.1 Å². The van der Waals surface area contributed by atoms with Gasteiger partial charge in [0, 0.05) is 27.1 Å². The number of rotatable bonds is 13. The molecule has 0 unspecified atom stereocenters. The monoisotopic (exact) mass is 711 g/mol. The number of nitrogens with zero attached hydrogens (tertiary/aromatic N) is 4. The number of hydrogen-bond donors (Lipinski definition) is 2. The van der Waals surface area contributed by atoms with Crippen molar-refractivity contribution in [2.75, 3.05) is 7.05 Å². The molecule has 49 heavy (non-hydrogen) atoms. The maximum absolute atomic E-state index is 13.8. The average molecular weight is 713 g/mol. The van der Waals surface area contributed by atoms with E-state index in [1.807, 2.05) is 0 Å². The molecule has 0 saturated carbocycles. The molecule has 3 aromatic carbocycles. The molecular weight excluding hydrogens is 677 g/mol. The minimum absolute atomic E-state index is 0.0273. The van der Waals surface area contributed by atoms with Crippen LogP contribution in [0.4, 0.5) is 0 Å². The Morgan fingerprint density at radius 1 is 0.980 bits per heavy atom. The molecule has 1 heterocycles. The molecule has 0 saturated heterocycles. The third-order valence-electron chi connectivity index (χ3n) is 7.60. The Balaban J connectivity index is 1.72. The SMILES string of the molecule is CC(C)OC(=O)[C@H](C)NN(C(=O)c1c(Cl)cccc1Cl)[C@@H](Cc1ccc(-n2c(=O)c3cc(CN(C)C=O)ccc3n(C)c2=O)cc1)C(=O)O. The van der Waals surface area contributed by atoms with Crippen molar-refractivity contribution < 1.29 is 29.0 Å². The van der Waals surface area contributed by atoms with Crippen LogP contribution in [-0.2, 0) is 39.1 Å². The quantitative estimate of drug-likeness (QED) is 0.120. The lowest BCUT2D eigenvalue weighted by Crippen LogP contribution is -2.58. The van der Waals surface area contributed by atoms with E-state index in [2.05, 4.69) is 5.43 Å². The minimum Gasteiger partial charge on any atom is -0.480 e. The second-order valence-electron chi connectivity index (χ2n) is 11.7. The highest BCUT2D eigenvalue weighted by atomic mass is 35.5. The van der Waals surface area contributed by atoms with E-state index in [-0.39, 0.29) is 39.6 Å². The summed E-state index contributed by atoms with van der Waals surface area (Å²) in [6.07, 6.45) is -0.0652. The molecule has 2 atom stereocenters. The number of hydrazine groups is 1. The molecule has 4 rings (SSSR count). The molecule has 2 N–H and O–H groups in total. The van der Waals surface area contributed by atoms with Gasteiger partial charge in [-0.25, -0.2) is 19.6 Å². The number of ether oxygens (including phenoxy) is 1. The molecule has 0 fully saturated rings. The normalized spacial score (nSPS) is 12.4. The van der Waals surface area contributed by atoms with Gasteiger partial charge in [-0.3, -0.25) is 28.8 Å². The summed E-state index contributed by atoms with van der Waals surface area (Å²) in [5.41, 5.74) is 3.06. The van der Waals surface area contributed by atoms with Gasteiger partial charge in [0.2, 0.25) is 6.41 Å². The maximum atomic E-state index is 13.8. The standard InChI is InChI=1S/C34H35Cl2N5O8/c1-19(2)49-33(47)20(3)37-41(31(44)29-25(35)7-6-8-26(29)36)28(32(45)46)16-21-9-12-23(13-10-21)40-30(43)24-15-22(17-38(4)18-42)11-14-27(24)39(5)34(40)48/h6-15,18-20,28,37H,16-17H2,1-5H3,(H,45,46)/t20-,28-/m0/s1. The number of halogens is 2. The largest absolute Gasteiger partial charge is 0.480 e. The van der Waals surface area contributed by atoms with E-state index in [0.717, 1.165) is 9.58 Å². The fourth-order valence-corrected chi connectivity index (χ4v) is 5.72. The van der Waals surface area contributed by atoms with Crippen molar-refractivity contribution in [2.24, 2.45) is 7.05 Å². The van der Waals surface area contributed by atoms with Crippen LogP contribution in [0.25, 0.3) is 16.6 Å². The van der Waals surface area contributed by atoms with Crippen molar-refractivity contribution in [2.45, 2.75) is 51.9 Å². The van der Waals surface area contributed by atoms with Crippen LogP contribution < -0.4 is 16.7 Å². The molecule has 0 spiro atoms. The molecule has 1 aromatic heterocycles. The fraction of sp³-hybridized carbons (Fsp3) is 0.294. The average Bonchev–Trinajstić information content (AvgIpc) is 3.05. The third-order valence-corrected chi connectivity index (χ3v) is 8.23. The van der Waals surface area contributed by atoms with Crippen molar-refractivity contribution >= 4 is 58.4 Å². The summed E-state index contributed by atoms with van der Waals surface area (Å²) in [5.74, 6) is -3.03. The van der Waals surface area contributed by atoms with E-state index in [9.17, 15) is 33.9 Å². The molecule has 258 valence electrons. The number of aryl methyl sites for hydroxylation is 1. The van der Waals surface area contributed by atoms with Gasteiger partial charge < -0.3 is 14.7 Å². The third kappa shape index (κ3) is 8.19. The number of carbonyl (C=O) groups excluding carboxylic acids is 3. The first-order valence-electron chi connectivity index (χ1n) is 15.1. The summed E-state index contributed by atoms with van der Waals surface area (Å²) in [5, 5.41) is 11.3. The van der Waals surface area contributed by atoms with Crippen LogP contribution in [0.3, 0.4) is 0 Å². The highest BCUT2D eigenvalue weighted by Crippen LogP contribution is 2.27. The second-order valence-corrected chi connectivity index (χ2v) is 12.5. The van der Waals surface area contributed by atoms with Crippen LogP contribution in [0, 0.1) is 0 Å². The van der Waals surface area contributed by atoms with Crippen molar-refractivity contribution in [1.82, 2.24) is 24.5 Å². The maximum Gasteiger partial charge on any atom is 0.335 e. The number of amides is 2. The predicted octanol–water partition coefficient (Wildman–Crippen LogP) is 3.57. The van der Waals surface area contributed by atoms with Crippen molar-refractivity contribution in [3.05, 3.63) is 108 Å². The zero-order valence-electron chi connectivity index (χ0n) is 27.3. The number of fused-ring (bicyclic) bond motifs is 1. The molecule has 13 nitrogen and oxygen atoms in total. The number of nitrogens with one attached hydrogen (secondary N) is 1. The van der Waals surface area contributed by atoms with Crippen LogP contribution in [0.5, 0.6) is 0 Å². The molecule has 2 amide bonds. The van der Waals surface area contributed by atoms with Crippen LogP contribution >= 0.6 is 23.2 Å². The van der Waals surface area contributed by atoms with E-state index in [0.29, 0.717) is 23.1 Å². The number of benzene rings is 3. The smallest absolute Gasteiger partial charge is 0.335 e. The Hall–Kier alpha value is -4.98. The highest BCUT2D eigenvalue weighted by molar-refractivity contribution is 6.39. The number of aromatic nitrogens is 2. The molecule has 0 radical (unpaired) electrons. The summed E-state index contributed by atoms with van der Waals surface area (Å²) in [6, 6.07) is 12.7. The first-order chi connectivity index (χ1) is 23.1. The molecule has 0 aliphatic carbocycles. The number of carboxylic acid groups (broad SMARTS) is 1. The number of esters is 1. The lowest BCUT2D eigenvalue weighted by molar-refractivity contribution is -0.153. The highest BCUT2D eigenvalue weighted by Gasteiger charge is 2.35. The topological polar surface area (TPSA) is 160 Å². The van der Waals surface area contributed by atoms with E-state index >= 15 is 0 Å². The van der Waals surface area contributed by atoms with Crippen molar-refractivity contribution in [1.29, 1.82) is 0 Å². The van der Waals surface area contributed by atoms with E-state index in [1.165, 1.54) is 65.9 Å².